The fourth-order valence-electron chi connectivity index (χ4n) is 0.487. The highest BCUT2D eigenvalue weighted by Crippen LogP contribution is 2.11. The number of halogens is 1. The summed E-state index contributed by atoms with van der Waals surface area (Å²) in [6.45, 7) is 0. The van der Waals surface area contributed by atoms with Crippen LogP contribution in [0.4, 0.5) is 0 Å². The molecule has 0 aromatic carbocycles. The summed E-state index contributed by atoms with van der Waals surface area (Å²) in [7, 11) is 0. The lowest BCUT2D eigenvalue weighted by atomic mass is 10.5. The number of hydrogen-bond donors (Lipinski definition) is 0. The van der Waals surface area contributed by atoms with Crippen LogP contribution in [-0.4, -0.2) is 6.08 Å². The van der Waals surface area contributed by atoms with Gasteiger partial charge in [-0.1, -0.05) is 0 Å². The molecule has 0 saturated heterocycles. The standard InChI is InChI=1S/C7H2ClNO2/c8-7-2-1-6(11-7)3-4-9-5-10/h1-2H. The van der Waals surface area contributed by atoms with Crippen LogP contribution in [0.3, 0.4) is 0 Å². The Morgan fingerprint density at radius 1 is 1.55 bits per heavy atom. The second-order valence-electron chi connectivity index (χ2n) is 1.54. The molecule has 0 amide bonds. The van der Waals surface area contributed by atoms with Gasteiger partial charge in [-0.3, -0.25) is 0 Å². The van der Waals surface area contributed by atoms with Crippen LogP contribution in [0.2, 0.25) is 5.22 Å². The van der Waals surface area contributed by atoms with Gasteiger partial charge in [-0.05, 0) is 29.7 Å². The molecule has 0 spiro atoms. The Hall–Kier alpha value is -1.49. The van der Waals surface area contributed by atoms with Crippen molar-refractivity contribution in [3.8, 4) is 12.0 Å². The molecule has 0 aliphatic rings. The molecule has 0 bridgehead atoms. The van der Waals surface area contributed by atoms with Crippen LogP contribution in [0.25, 0.3) is 0 Å². The van der Waals surface area contributed by atoms with Crippen LogP contribution in [0.1, 0.15) is 5.76 Å². The second-order valence-corrected chi connectivity index (χ2v) is 1.92. The predicted octanol–water partition coefficient (Wildman–Crippen LogP) is 1.58. The third kappa shape index (κ3) is 2.30. The van der Waals surface area contributed by atoms with Gasteiger partial charge in [0.2, 0.25) is 6.08 Å². The maximum atomic E-state index is 9.55. The van der Waals surface area contributed by atoms with Crippen molar-refractivity contribution >= 4 is 17.7 Å². The van der Waals surface area contributed by atoms with E-state index in [1.54, 1.807) is 12.1 Å². The molecule has 0 N–H and O–H groups in total. The van der Waals surface area contributed by atoms with Gasteiger partial charge in [0.25, 0.3) is 0 Å². The Bertz CT molecular complexity index is 352. The number of furan rings is 1. The first kappa shape index (κ1) is 7.62. The topological polar surface area (TPSA) is 42.6 Å². The normalized spacial score (nSPS) is 7.73. The Balaban J connectivity index is 2.81. The van der Waals surface area contributed by atoms with E-state index in [-0.39, 0.29) is 5.22 Å². The number of hydrogen-bond acceptors (Lipinski definition) is 3. The van der Waals surface area contributed by atoms with Crippen molar-refractivity contribution in [3.05, 3.63) is 23.1 Å². The largest absolute Gasteiger partial charge is 0.436 e. The number of rotatable bonds is 0. The Morgan fingerprint density at radius 3 is 2.91 bits per heavy atom. The summed E-state index contributed by atoms with van der Waals surface area (Å²) in [5.74, 6) is 2.81. The van der Waals surface area contributed by atoms with Gasteiger partial charge < -0.3 is 4.42 Å². The minimum absolute atomic E-state index is 0.254. The lowest BCUT2D eigenvalue weighted by Gasteiger charge is -1.74. The molecule has 1 rings (SSSR count). The van der Waals surface area contributed by atoms with E-state index in [0.717, 1.165) is 0 Å². The zero-order valence-corrected chi connectivity index (χ0v) is 6.05. The van der Waals surface area contributed by atoms with Gasteiger partial charge in [0.05, 0.1) is 6.04 Å². The average Bonchev–Trinajstić information content (AvgIpc) is 2.37. The van der Waals surface area contributed by atoms with Gasteiger partial charge in [-0.2, -0.15) is 0 Å². The third-order valence-electron chi connectivity index (χ3n) is 0.854. The van der Waals surface area contributed by atoms with E-state index < -0.39 is 0 Å². The Labute approximate surface area is 67.7 Å². The fourth-order valence-corrected chi connectivity index (χ4v) is 0.633. The summed E-state index contributed by atoms with van der Waals surface area (Å²) in [5, 5.41) is 0.254. The predicted molar refractivity (Wildman–Crippen MR) is 38.7 cm³/mol. The zero-order valence-electron chi connectivity index (χ0n) is 5.30. The SMILES string of the molecule is O=C=NC#Cc1ccc(Cl)o1. The van der Waals surface area contributed by atoms with Crippen LogP contribution < -0.4 is 0 Å². The van der Waals surface area contributed by atoms with Crippen LogP contribution in [-0.2, 0) is 4.79 Å². The highest BCUT2D eigenvalue weighted by atomic mass is 35.5. The molecule has 0 aliphatic heterocycles. The lowest BCUT2D eigenvalue weighted by molar-refractivity contribution is 0.556. The van der Waals surface area contributed by atoms with E-state index in [2.05, 4.69) is 17.0 Å². The molecule has 0 fully saturated rings. The monoisotopic (exact) mass is 167 g/mol. The van der Waals surface area contributed by atoms with Crippen molar-refractivity contribution in [3.63, 3.8) is 0 Å². The van der Waals surface area contributed by atoms with Crippen LogP contribution >= 0.6 is 11.6 Å². The highest BCUT2D eigenvalue weighted by molar-refractivity contribution is 6.28. The van der Waals surface area contributed by atoms with Gasteiger partial charge in [0.1, 0.15) is 0 Å². The van der Waals surface area contributed by atoms with Crippen LogP contribution in [0.5, 0.6) is 0 Å². The summed E-state index contributed by atoms with van der Waals surface area (Å²) in [5.41, 5.74) is 0. The summed E-state index contributed by atoms with van der Waals surface area (Å²) in [4.78, 5) is 12.6. The van der Waals surface area contributed by atoms with E-state index in [1.165, 1.54) is 6.08 Å². The smallest absolute Gasteiger partial charge is 0.249 e. The molecule has 0 saturated carbocycles. The summed E-state index contributed by atoms with van der Waals surface area (Å²) in [6, 6.07) is 5.29. The quantitative estimate of drug-likeness (QED) is 0.335. The van der Waals surface area contributed by atoms with Crippen molar-refractivity contribution in [2.75, 3.05) is 0 Å². The molecule has 1 aromatic heterocycles. The van der Waals surface area contributed by atoms with Crippen molar-refractivity contribution in [1.82, 2.24) is 0 Å². The molecule has 0 aliphatic carbocycles. The van der Waals surface area contributed by atoms with Crippen LogP contribution in [0, 0.1) is 12.0 Å². The number of aliphatic imine (C=N–C) groups is 1. The molecule has 3 nitrogen and oxygen atoms in total. The molecule has 11 heavy (non-hydrogen) atoms. The van der Waals surface area contributed by atoms with Crippen molar-refractivity contribution < 1.29 is 9.21 Å². The summed E-state index contributed by atoms with van der Waals surface area (Å²) in [6.07, 6.45) is 1.27. The zero-order chi connectivity index (χ0) is 8.10. The molecule has 4 heteroatoms. The molecule has 54 valence electrons. The first-order chi connectivity index (χ1) is 5.33. The van der Waals surface area contributed by atoms with Crippen molar-refractivity contribution in [2.45, 2.75) is 0 Å². The van der Waals surface area contributed by atoms with Crippen molar-refractivity contribution in [2.24, 2.45) is 4.99 Å². The van der Waals surface area contributed by atoms with Gasteiger partial charge in [0, 0.05) is 0 Å². The number of isocyanates is 1. The Morgan fingerprint density at radius 2 is 2.36 bits per heavy atom. The van der Waals surface area contributed by atoms with Gasteiger partial charge >= 0.3 is 0 Å². The molecular formula is C7H2ClNO2. The van der Waals surface area contributed by atoms with E-state index in [4.69, 9.17) is 16.0 Å². The molecule has 1 heterocycles. The third-order valence-corrected chi connectivity index (χ3v) is 1.06. The molecule has 0 radical (unpaired) electrons. The Kier molecular flexibility index (Phi) is 2.51. The molecular weight excluding hydrogens is 166 g/mol. The van der Waals surface area contributed by atoms with E-state index in [0.29, 0.717) is 5.76 Å². The number of carbonyl (C=O) groups excluding carboxylic acids is 1. The summed E-state index contributed by atoms with van der Waals surface area (Å²) >= 11 is 5.43. The number of nitrogens with zero attached hydrogens (tertiary/aromatic N) is 1. The average molecular weight is 168 g/mol. The molecule has 0 atom stereocenters. The highest BCUT2D eigenvalue weighted by Gasteiger charge is 1.92. The fraction of sp³-hybridized carbons (Fsp3) is 0. The molecule has 1 aromatic rings. The van der Waals surface area contributed by atoms with Crippen molar-refractivity contribution in [1.29, 1.82) is 0 Å². The van der Waals surface area contributed by atoms with Crippen LogP contribution in [0.15, 0.2) is 21.5 Å². The molecule has 0 unspecified atom stereocenters. The lowest BCUT2D eigenvalue weighted by Crippen LogP contribution is -1.60. The van der Waals surface area contributed by atoms with Gasteiger partial charge in [-0.25, -0.2) is 4.79 Å². The van der Waals surface area contributed by atoms with E-state index in [1.807, 2.05) is 0 Å². The first-order valence-corrected chi connectivity index (χ1v) is 3.04. The van der Waals surface area contributed by atoms with Gasteiger partial charge in [0.15, 0.2) is 11.0 Å². The minimum Gasteiger partial charge on any atom is -0.436 e. The van der Waals surface area contributed by atoms with Gasteiger partial charge in [-0.15, -0.1) is 4.99 Å². The maximum absolute atomic E-state index is 9.55. The first-order valence-electron chi connectivity index (χ1n) is 2.66. The maximum Gasteiger partial charge on any atom is 0.249 e. The van der Waals surface area contributed by atoms with E-state index >= 15 is 0 Å². The second kappa shape index (κ2) is 3.62. The minimum atomic E-state index is 0.254. The summed E-state index contributed by atoms with van der Waals surface area (Å²) < 4.78 is 4.83. The van der Waals surface area contributed by atoms with E-state index in [9.17, 15) is 4.79 Å².